The standard InChI is InChI=1S/C22H24N2O6S/c1-28-18-8-7-16-11-17(22(25)23-21(16)12-18)13-24(14-19-15-29-9-10-30-19)31(26,27)20-5-3-2-4-6-20/h2-8,11-12,19H,9-10,13-15H2,1H3,(H,23,25)/t19-/m1/s1. The lowest BCUT2D eigenvalue weighted by molar-refractivity contribution is -0.0923. The highest BCUT2D eigenvalue weighted by atomic mass is 32.2. The highest BCUT2D eigenvalue weighted by molar-refractivity contribution is 7.89. The van der Waals surface area contributed by atoms with Crippen molar-refractivity contribution in [1.82, 2.24) is 9.29 Å². The van der Waals surface area contributed by atoms with Crippen molar-refractivity contribution in [3.8, 4) is 5.75 Å². The summed E-state index contributed by atoms with van der Waals surface area (Å²) >= 11 is 0. The first-order chi connectivity index (χ1) is 15.0. The Morgan fingerprint density at radius 3 is 2.65 bits per heavy atom. The van der Waals surface area contributed by atoms with Crippen LogP contribution in [0.3, 0.4) is 0 Å². The molecule has 0 aliphatic carbocycles. The zero-order chi connectivity index (χ0) is 21.8. The average Bonchev–Trinajstić information content (AvgIpc) is 2.80. The Balaban J connectivity index is 1.70. The van der Waals surface area contributed by atoms with Gasteiger partial charge < -0.3 is 19.2 Å². The van der Waals surface area contributed by atoms with Gasteiger partial charge in [-0.25, -0.2) is 8.42 Å². The molecule has 1 aliphatic heterocycles. The predicted octanol–water partition coefficient (Wildman–Crippen LogP) is 2.14. The monoisotopic (exact) mass is 444 g/mol. The highest BCUT2D eigenvalue weighted by Gasteiger charge is 2.29. The number of ether oxygens (including phenoxy) is 3. The molecule has 0 saturated carbocycles. The van der Waals surface area contributed by atoms with Gasteiger partial charge in [-0.3, -0.25) is 4.79 Å². The van der Waals surface area contributed by atoms with Crippen LogP contribution in [0.2, 0.25) is 0 Å². The fourth-order valence-corrected chi connectivity index (χ4v) is 4.99. The number of sulfonamides is 1. The molecule has 3 aromatic rings. The Hall–Kier alpha value is -2.72. The summed E-state index contributed by atoms with van der Waals surface area (Å²) in [5, 5.41) is 0.782. The summed E-state index contributed by atoms with van der Waals surface area (Å²) in [7, 11) is -2.30. The number of rotatable bonds is 7. The van der Waals surface area contributed by atoms with Crippen molar-refractivity contribution in [3.63, 3.8) is 0 Å². The van der Waals surface area contributed by atoms with Crippen LogP contribution in [0.25, 0.3) is 10.9 Å². The van der Waals surface area contributed by atoms with E-state index in [4.69, 9.17) is 14.2 Å². The number of methoxy groups -OCH3 is 1. The van der Waals surface area contributed by atoms with Gasteiger partial charge in [0.15, 0.2) is 0 Å². The third kappa shape index (κ3) is 4.80. The molecule has 0 spiro atoms. The summed E-state index contributed by atoms with van der Waals surface area (Å²) < 4.78 is 44.3. The summed E-state index contributed by atoms with van der Waals surface area (Å²) in [5.41, 5.74) is 0.610. The fourth-order valence-electron chi connectivity index (χ4n) is 3.52. The van der Waals surface area contributed by atoms with Crippen LogP contribution < -0.4 is 10.3 Å². The molecule has 1 fully saturated rings. The van der Waals surface area contributed by atoms with E-state index in [1.165, 1.54) is 16.4 Å². The Bertz CT molecular complexity index is 1200. The minimum atomic E-state index is -3.85. The highest BCUT2D eigenvalue weighted by Crippen LogP contribution is 2.22. The Labute approximate surface area is 180 Å². The molecule has 0 unspecified atom stereocenters. The van der Waals surface area contributed by atoms with Gasteiger partial charge in [-0.05, 0) is 35.7 Å². The minimum absolute atomic E-state index is 0.0807. The average molecular weight is 445 g/mol. The summed E-state index contributed by atoms with van der Waals surface area (Å²) in [4.78, 5) is 15.7. The summed E-state index contributed by atoms with van der Waals surface area (Å²) in [6, 6.07) is 15.2. The molecule has 2 aromatic carbocycles. The second-order valence-corrected chi connectivity index (χ2v) is 9.19. The van der Waals surface area contributed by atoms with Crippen molar-refractivity contribution in [3.05, 3.63) is 70.5 Å². The van der Waals surface area contributed by atoms with Crippen LogP contribution in [0, 0.1) is 0 Å². The Kier molecular flexibility index (Phi) is 6.38. The molecule has 1 N–H and O–H groups in total. The zero-order valence-electron chi connectivity index (χ0n) is 17.1. The molecule has 164 valence electrons. The number of aromatic nitrogens is 1. The van der Waals surface area contributed by atoms with E-state index in [1.54, 1.807) is 43.5 Å². The predicted molar refractivity (Wildman–Crippen MR) is 116 cm³/mol. The molecule has 1 atom stereocenters. The van der Waals surface area contributed by atoms with Crippen LogP contribution in [0.1, 0.15) is 5.56 Å². The normalized spacial score (nSPS) is 17.2. The van der Waals surface area contributed by atoms with Gasteiger partial charge in [0.1, 0.15) is 5.75 Å². The minimum Gasteiger partial charge on any atom is -0.497 e. The largest absolute Gasteiger partial charge is 0.497 e. The zero-order valence-corrected chi connectivity index (χ0v) is 17.9. The smallest absolute Gasteiger partial charge is 0.252 e. The first kappa shape index (κ1) is 21.5. The molecule has 0 bridgehead atoms. The molecule has 0 amide bonds. The van der Waals surface area contributed by atoms with E-state index in [0.717, 1.165) is 5.39 Å². The Morgan fingerprint density at radius 2 is 1.94 bits per heavy atom. The molecule has 8 nitrogen and oxygen atoms in total. The quantitative estimate of drug-likeness (QED) is 0.600. The summed E-state index contributed by atoms with van der Waals surface area (Å²) in [5.74, 6) is 0.624. The molecule has 9 heteroatoms. The third-order valence-corrected chi connectivity index (χ3v) is 6.98. The number of aromatic amines is 1. The van der Waals surface area contributed by atoms with Gasteiger partial charge in [-0.1, -0.05) is 18.2 Å². The summed E-state index contributed by atoms with van der Waals surface area (Å²) in [6.07, 6.45) is -0.406. The lowest BCUT2D eigenvalue weighted by Crippen LogP contribution is -2.43. The van der Waals surface area contributed by atoms with Crippen molar-refractivity contribution in [1.29, 1.82) is 0 Å². The van der Waals surface area contributed by atoms with Crippen molar-refractivity contribution < 1.29 is 22.6 Å². The van der Waals surface area contributed by atoms with Crippen molar-refractivity contribution >= 4 is 20.9 Å². The van der Waals surface area contributed by atoms with Gasteiger partial charge in [0.25, 0.3) is 5.56 Å². The van der Waals surface area contributed by atoms with E-state index in [2.05, 4.69) is 4.98 Å². The van der Waals surface area contributed by atoms with Gasteiger partial charge in [0.2, 0.25) is 10.0 Å². The van der Waals surface area contributed by atoms with Gasteiger partial charge in [0.05, 0.1) is 43.4 Å². The summed E-state index contributed by atoms with van der Waals surface area (Å²) in [6.45, 7) is 1.18. The second kappa shape index (κ2) is 9.19. The van der Waals surface area contributed by atoms with Crippen LogP contribution >= 0.6 is 0 Å². The third-order valence-electron chi connectivity index (χ3n) is 5.15. The number of hydrogen-bond donors (Lipinski definition) is 1. The van der Waals surface area contributed by atoms with Crippen molar-refractivity contribution in [2.24, 2.45) is 0 Å². The molecular weight excluding hydrogens is 420 g/mol. The van der Waals surface area contributed by atoms with E-state index in [1.807, 2.05) is 6.07 Å². The van der Waals surface area contributed by atoms with E-state index in [9.17, 15) is 13.2 Å². The van der Waals surface area contributed by atoms with Crippen LogP contribution in [-0.2, 0) is 26.0 Å². The molecule has 4 rings (SSSR count). The van der Waals surface area contributed by atoms with Gasteiger partial charge >= 0.3 is 0 Å². The maximum absolute atomic E-state index is 13.4. The maximum atomic E-state index is 13.4. The first-order valence-electron chi connectivity index (χ1n) is 9.92. The molecule has 1 aromatic heterocycles. The number of nitrogens with zero attached hydrogens (tertiary/aromatic N) is 1. The van der Waals surface area contributed by atoms with E-state index in [0.29, 0.717) is 36.7 Å². The van der Waals surface area contributed by atoms with Crippen LogP contribution in [0.15, 0.2) is 64.3 Å². The molecule has 1 saturated heterocycles. The van der Waals surface area contributed by atoms with E-state index in [-0.39, 0.29) is 23.5 Å². The molecule has 0 radical (unpaired) electrons. The number of H-pyrrole nitrogens is 1. The molecular formula is C22H24N2O6S. The SMILES string of the molecule is COc1ccc2cc(CN(C[C@@H]3COCCO3)S(=O)(=O)c3ccccc3)c(=O)[nH]c2c1. The van der Waals surface area contributed by atoms with Crippen molar-refractivity contribution in [2.45, 2.75) is 17.5 Å². The van der Waals surface area contributed by atoms with E-state index < -0.39 is 16.1 Å². The molecule has 1 aliphatic rings. The first-order valence-corrected chi connectivity index (χ1v) is 11.4. The maximum Gasteiger partial charge on any atom is 0.252 e. The Morgan fingerprint density at radius 1 is 1.13 bits per heavy atom. The van der Waals surface area contributed by atoms with Gasteiger partial charge in [-0.2, -0.15) is 4.31 Å². The number of pyridine rings is 1. The van der Waals surface area contributed by atoms with Gasteiger partial charge in [-0.15, -0.1) is 0 Å². The van der Waals surface area contributed by atoms with Crippen LogP contribution in [0.5, 0.6) is 5.75 Å². The fraction of sp³-hybridized carbons (Fsp3) is 0.318. The van der Waals surface area contributed by atoms with Crippen LogP contribution in [0.4, 0.5) is 0 Å². The van der Waals surface area contributed by atoms with Crippen LogP contribution in [-0.4, -0.2) is 57.3 Å². The topological polar surface area (TPSA) is 97.9 Å². The molecule has 31 heavy (non-hydrogen) atoms. The molecule has 2 heterocycles. The van der Waals surface area contributed by atoms with E-state index >= 15 is 0 Å². The lowest BCUT2D eigenvalue weighted by Gasteiger charge is -2.29. The lowest BCUT2D eigenvalue weighted by atomic mass is 10.1. The second-order valence-electron chi connectivity index (χ2n) is 7.26. The number of nitrogens with one attached hydrogen (secondary N) is 1. The number of benzene rings is 2. The van der Waals surface area contributed by atoms with Crippen molar-refractivity contribution in [2.75, 3.05) is 33.5 Å². The number of hydrogen-bond acceptors (Lipinski definition) is 6. The number of fused-ring (bicyclic) bond motifs is 1. The van der Waals surface area contributed by atoms with Gasteiger partial charge in [0, 0.05) is 24.7 Å².